The molecule has 1 aliphatic heterocycles. The predicted molar refractivity (Wildman–Crippen MR) is 109 cm³/mol. The van der Waals surface area contributed by atoms with E-state index in [1.165, 1.54) is 11.1 Å². The van der Waals surface area contributed by atoms with Crippen molar-refractivity contribution < 1.29 is 9.84 Å². The van der Waals surface area contributed by atoms with Crippen LogP contribution in [0.5, 0.6) is 5.88 Å². The summed E-state index contributed by atoms with van der Waals surface area (Å²) in [4.78, 5) is 4.28. The highest BCUT2D eigenvalue weighted by atomic mass is 16.5. The first kappa shape index (κ1) is 18.3. The third-order valence-electron chi connectivity index (χ3n) is 6.14. The monoisotopic (exact) mass is 390 g/mol. The Balaban J connectivity index is 1.40. The second-order valence-electron chi connectivity index (χ2n) is 8.21. The number of aliphatic hydroxyl groups is 1. The Bertz CT molecular complexity index is 993. The van der Waals surface area contributed by atoms with Crippen molar-refractivity contribution in [3.8, 4) is 11.6 Å². The molecule has 1 fully saturated rings. The molecule has 1 N–H and O–H groups in total. The number of para-hydroxylation sites is 1. The maximum absolute atomic E-state index is 10.5. The second-order valence-corrected chi connectivity index (χ2v) is 8.21. The van der Waals surface area contributed by atoms with Crippen molar-refractivity contribution in [1.29, 1.82) is 0 Å². The fourth-order valence-electron chi connectivity index (χ4n) is 4.74. The molecular weight excluding hydrogens is 364 g/mol. The van der Waals surface area contributed by atoms with E-state index in [2.05, 4.69) is 44.9 Å². The summed E-state index contributed by atoms with van der Waals surface area (Å²) in [5, 5.41) is 19.5. The lowest BCUT2D eigenvalue weighted by atomic mass is 9.86. The number of aromatic nitrogens is 4. The van der Waals surface area contributed by atoms with Crippen LogP contribution in [0.1, 0.15) is 54.4 Å². The van der Waals surface area contributed by atoms with Crippen LogP contribution in [0.4, 0.5) is 0 Å². The van der Waals surface area contributed by atoms with Gasteiger partial charge < -0.3 is 9.84 Å². The van der Waals surface area contributed by atoms with Crippen molar-refractivity contribution in [2.75, 3.05) is 0 Å². The molecule has 0 saturated heterocycles. The first-order valence-corrected chi connectivity index (χ1v) is 10.5. The van der Waals surface area contributed by atoms with Crippen LogP contribution < -0.4 is 4.74 Å². The number of pyridine rings is 1. The molecule has 29 heavy (non-hydrogen) atoms. The highest BCUT2D eigenvalue weighted by Gasteiger charge is 2.31. The first-order valence-electron chi connectivity index (χ1n) is 10.5. The summed E-state index contributed by atoms with van der Waals surface area (Å²) in [6, 6.07) is 12.1. The number of benzene rings is 1. The molecule has 1 aliphatic carbocycles. The molecule has 150 valence electrons. The second kappa shape index (κ2) is 7.59. The van der Waals surface area contributed by atoms with E-state index in [4.69, 9.17) is 4.74 Å². The van der Waals surface area contributed by atoms with Gasteiger partial charge in [0.2, 0.25) is 5.88 Å². The Morgan fingerprint density at radius 1 is 1.00 bits per heavy atom. The summed E-state index contributed by atoms with van der Waals surface area (Å²) >= 11 is 0. The van der Waals surface area contributed by atoms with Crippen molar-refractivity contribution in [3.63, 3.8) is 0 Å². The number of ether oxygens (including phenoxy) is 1. The summed E-state index contributed by atoms with van der Waals surface area (Å²) in [5.74, 6) is 2.95. The van der Waals surface area contributed by atoms with Gasteiger partial charge in [0, 0.05) is 31.0 Å². The largest absolute Gasteiger partial charge is 0.474 e. The molecule has 3 aromatic rings. The van der Waals surface area contributed by atoms with E-state index in [1.54, 1.807) is 6.20 Å². The van der Waals surface area contributed by atoms with Crippen molar-refractivity contribution in [2.24, 2.45) is 0 Å². The Morgan fingerprint density at radius 2 is 1.86 bits per heavy atom. The number of rotatable bonds is 3. The van der Waals surface area contributed by atoms with E-state index in [0.717, 1.165) is 43.0 Å². The number of hydrogen-bond donors (Lipinski definition) is 1. The molecule has 0 bridgehead atoms. The topological polar surface area (TPSA) is 73.1 Å². The number of hydrogen-bond acceptors (Lipinski definition) is 5. The molecule has 0 spiro atoms. The summed E-state index contributed by atoms with van der Waals surface area (Å²) in [5.41, 5.74) is 3.53. The molecule has 3 heterocycles. The van der Waals surface area contributed by atoms with Crippen LogP contribution in [0.3, 0.4) is 0 Å². The minimum atomic E-state index is -0.420. The lowest BCUT2D eigenvalue weighted by Gasteiger charge is -2.28. The Labute approximate surface area is 170 Å². The van der Waals surface area contributed by atoms with Crippen LogP contribution in [-0.2, 0) is 12.8 Å². The molecule has 2 aliphatic rings. The fourth-order valence-corrected chi connectivity index (χ4v) is 4.74. The zero-order valence-electron chi connectivity index (χ0n) is 16.7. The van der Waals surface area contributed by atoms with Gasteiger partial charge in [-0.25, -0.2) is 4.98 Å². The van der Waals surface area contributed by atoms with Gasteiger partial charge in [-0.1, -0.05) is 24.3 Å². The van der Waals surface area contributed by atoms with Gasteiger partial charge in [-0.3, -0.25) is 4.57 Å². The van der Waals surface area contributed by atoms with Gasteiger partial charge in [0.15, 0.2) is 0 Å². The van der Waals surface area contributed by atoms with E-state index in [-0.39, 0.29) is 6.10 Å². The van der Waals surface area contributed by atoms with Gasteiger partial charge in [-0.05, 0) is 49.8 Å². The SMILES string of the molecule is Cc1cccc2c1-n1c(nnc1C1CCC(Oc3ccccn3)CC1)C[C@@H](O)C2. The average molecular weight is 390 g/mol. The predicted octanol–water partition coefficient (Wildman–Crippen LogP) is 3.54. The zero-order chi connectivity index (χ0) is 19.8. The third-order valence-corrected chi connectivity index (χ3v) is 6.14. The van der Waals surface area contributed by atoms with E-state index < -0.39 is 6.10 Å². The van der Waals surface area contributed by atoms with Gasteiger partial charge in [0.05, 0.1) is 11.8 Å². The van der Waals surface area contributed by atoms with E-state index in [1.807, 2.05) is 18.2 Å². The summed E-state index contributed by atoms with van der Waals surface area (Å²) in [7, 11) is 0. The lowest BCUT2D eigenvalue weighted by Crippen LogP contribution is -2.25. The molecule has 1 saturated carbocycles. The van der Waals surface area contributed by atoms with Crippen molar-refractivity contribution in [1.82, 2.24) is 19.7 Å². The van der Waals surface area contributed by atoms with Crippen LogP contribution in [-0.4, -0.2) is 37.1 Å². The summed E-state index contributed by atoms with van der Waals surface area (Å²) < 4.78 is 8.28. The minimum absolute atomic E-state index is 0.198. The molecule has 6 heteroatoms. The van der Waals surface area contributed by atoms with E-state index >= 15 is 0 Å². The molecule has 0 amide bonds. The van der Waals surface area contributed by atoms with Gasteiger partial charge in [-0.2, -0.15) is 0 Å². The molecule has 0 unspecified atom stereocenters. The van der Waals surface area contributed by atoms with Crippen molar-refractivity contribution in [3.05, 3.63) is 65.4 Å². The summed E-state index contributed by atoms with van der Waals surface area (Å²) in [6.45, 7) is 2.13. The molecule has 1 aromatic carbocycles. The maximum Gasteiger partial charge on any atom is 0.213 e. The van der Waals surface area contributed by atoms with Crippen LogP contribution in [0.2, 0.25) is 0 Å². The van der Waals surface area contributed by atoms with Crippen molar-refractivity contribution >= 4 is 0 Å². The maximum atomic E-state index is 10.5. The number of fused-ring (bicyclic) bond motifs is 3. The molecule has 0 radical (unpaired) electrons. The van der Waals surface area contributed by atoms with Gasteiger partial charge in [0.1, 0.15) is 17.8 Å². The van der Waals surface area contributed by atoms with Gasteiger partial charge in [0.25, 0.3) is 0 Å². The highest BCUT2D eigenvalue weighted by molar-refractivity contribution is 5.50. The molecule has 5 rings (SSSR count). The molecule has 2 aromatic heterocycles. The van der Waals surface area contributed by atoms with Crippen molar-refractivity contribution in [2.45, 2.75) is 63.6 Å². The Hall–Kier alpha value is -2.73. The minimum Gasteiger partial charge on any atom is -0.474 e. The van der Waals surface area contributed by atoms with Crippen LogP contribution in [0.25, 0.3) is 5.69 Å². The van der Waals surface area contributed by atoms with Gasteiger partial charge >= 0.3 is 0 Å². The third kappa shape index (κ3) is 3.53. The van der Waals surface area contributed by atoms with Crippen LogP contribution in [0.15, 0.2) is 42.6 Å². The average Bonchev–Trinajstić information content (AvgIpc) is 3.05. The lowest BCUT2D eigenvalue weighted by molar-refractivity contribution is 0.139. The van der Waals surface area contributed by atoms with Crippen LogP contribution in [0, 0.1) is 6.92 Å². The standard InChI is InChI=1S/C23H26N4O2/c1-15-5-4-6-17-13-18(28)14-20-25-26-23(27(20)22(15)17)16-8-10-19(11-9-16)29-21-7-2-3-12-24-21/h2-7,12,16,18-19,28H,8-11,13-14H2,1H3/t16?,18-,19?/m0/s1. The molecule has 1 atom stereocenters. The summed E-state index contributed by atoms with van der Waals surface area (Å²) in [6.07, 6.45) is 6.72. The van der Waals surface area contributed by atoms with E-state index in [9.17, 15) is 5.11 Å². The Morgan fingerprint density at radius 3 is 2.66 bits per heavy atom. The quantitative estimate of drug-likeness (QED) is 0.741. The van der Waals surface area contributed by atoms with Gasteiger partial charge in [-0.15, -0.1) is 10.2 Å². The number of aliphatic hydroxyl groups excluding tert-OH is 1. The highest BCUT2D eigenvalue weighted by Crippen LogP contribution is 2.37. The number of aryl methyl sites for hydroxylation is 1. The zero-order valence-corrected chi connectivity index (χ0v) is 16.7. The normalized spacial score (nSPS) is 23.7. The molecular formula is C23H26N4O2. The smallest absolute Gasteiger partial charge is 0.213 e. The fraction of sp³-hybridized carbons (Fsp3) is 0.435. The molecule has 6 nitrogen and oxygen atoms in total. The van der Waals surface area contributed by atoms with Crippen LogP contribution >= 0.6 is 0 Å². The Kier molecular flexibility index (Phi) is 4.79. The first-order chi connectivity index (χ1) is 14.2. The van der Waals surface area contributed by atoms with E-state index in [0.29, 0.717) is 24.6 Å². The number of nitrogens with zero attached hydrogens (tertiary/aromatic N) is 4.